The van der Waals surface area contributed by atoms with E-state index in [1.165, 1.54) is 0 Å². The lowest BCUT2D eigenvalue weighted by atomic mass is 10.1. The van der Waals surface area contributed by atoms with Crippen LogP contribution < -0.4 is 0 Å². The molecule has 82 valence electrons. The maximum absolute atomic E-state index is 6.10. The van der Waals surface area contributed by atoms with Crippen molar-refractivity contribution in [1.29, 1.82) is 0 Å². The third-order valence-corrected chi connectivity index (χ3v) is 3.26. The second kappa shape index (κ2) is 4.85. The van der Waals surface area contributed by atoms with Crippen molar-refractivity contribution in [3.05, 3.63) is 56.5 Å². The van der Waals surface area contributed by atoms with Gasteiger partial charge in [0.2, 0.25) is 0 Å². The van der Waals surface area contributed by atoms with Gasteiger partial charge in [-0.05, 0) is 30.3 Å². The standard InChI is InChI=1S/C12H6Cl4/c13-7-2-4-11(15)10(5-7)9-3-1-8(14)6-12(9)16/h1-6H. The van der Waals surface area contributed by atoms with Crippen LogP contribution in [0.1, 0.15) is 0 Å². The van der Waals surface area contributed by atoms with Gasteiger partial charge in [0.05, 0.1) is 0 Å². The van der Waals surface area contributed by atoms with Crippen molar-refractivity contribution in [2.45, 2.75) is 0 Å². The minimum absolute atomic E-state index is 0.552. The fourth-order valence-corrected chi connectivity index (χ4v) is 2.31. The maximum atomic E-state index is 6.10. The molecule has 0 spiro atoms. The van der Waals surface area contributed by atoms with Gasteiger partial charge in [0.1, 0.15) is 0 Å². The Kier molecular flexibility index (Phi) is 3.66. The smallest absolute Gasteiger partial charge is 0.0499 e. The molecular weight excluding hydrogens is 286 g/mol. The highest BCUT2D eigenvalue weighted by molar-refractivity contribution is 6.38. The van der Waals surface area contributed by atoms with E-state index in [9.17, 15) is 0 Å². The predicted octanol–water partition coefficient (Wildman–Crippen LogP) is 5.97. The predicted molar refractivity (Wildman–Crippen MR) is 71.9 cm³/mol. The largest absolute Gasteiger partial charge is 0.0843 e. The van der Waals surface area contributed by atoms with Gasteiger partial charge in [0.25, 0.3) is 0 Å². The van der Waals surface area contributed by atoms with E-state index in [1.807, 2.05) is 6.07 Å². The summed E-state index contributed by atoms with van der Waals surface area (Å²) in [6.45, 7) is 0. The van der Waals surface area contributed by atoms with E-state index in [2.05, 4.69) is 0 Å². The second-order valence-corrected chi connectivity index (χ2v) is 4.94. The monoisotopic (exact) mass is 290 g/mol. The molecule has 4 heteroatoms. The van der Waals surface area contributed by atoms with E-state index in [0.29, 0.717) is 20.1 Å². The molecule has 0 heterocycles. The van der Waals surface area contributed by atoms with Gasteiger partial charge >= 0.3 is 0 Å². The molecule has 0 unspecified atom stereocenters. The summed E-state index contributed by atoms with van der Waals surface area (Å²) >= 11 is 23.9. The summed E-state index contributed by atoms with van der Waals surface area (Å²) in [5.41, 5.74) is 1.62. The summed E-state index contributed by atoms with van der Waals surface area (Å²) in [5, 5.41) is 2.36. The molecule has 0 radical (unpaired) electrons. The van der Waals surface area contributed by atoms with E-state index in [1.54, 1.807) is 30.3 Å². The molecule has 0 nitrogen and oxygen atoms in total. The molecule has 16 heavy (non-hydrogen) atoms. The van der Waals surface area contributed by atoms with Crippen LogP contribution in [0.5, 0.6) is 0 Å². The van der Waals surface area contributed by atoms with Gasteiger partial charge in [-0.25, -0.2) is 0 Å². The van der Waals surface area contributed by atoms with Crippen molar-refractivity contribution in [2.24, 2.45) is 0 Å². The van der Waals surface area contributed by atoms with Crippen LogP contribution in [-0.4, -0.2) is 0 Å². The van der Waals surface area contributed by atoms with E-state index >= 15 is 0 Å². The lowest BCUT2D eigenvalue weighted by Gasteiger charge is -2.07. The molecule has 0 saturated heterocycles. The van der Waals surface area contributed by atoms with Gasteiger partial charge in [-0.1, -0.05) is 52.5 Å². The number of hydrogen-bond donors (Lipinski definition) is 0. The minimum atomic E-state index is 0.552. The number of benzene rings is 2. The molecule has 0 saturated carbocycles. The molecule has 2 aromatic carbocycles. The van der Waals surface area contributed by atoms with Crippen molar-refractivity contribution < 1.29 is 0 Å². The Balaban J connectivity index is 2.62. The summed E-state index contributed by atoms with van der Waals surface area (Å²) < 4.78 is 0. The summed E-state index contributed by atoms with van der Waals surface area (Å²) in [5.74, 6) is 0. The van der Waals surface area contributed by atoms with Crippen LogP contribution in [0.2, 0.25) is 20.1 Å². The van der Waals surface area contributed by atoms with Crippen molar-refractivity contribution >= 4 is 46.4 Å². The molecular formula is C12H6Cl4. The van der Waals surface area contributed by atoms with E-state index in [-0.39, 0.29) is 0 Å². The van der Waals surface area contributed by atoms with Gasteiger partial charge < -0.3 is 0 Å². The van der Waals surface area contributed by atoms with Gasteiger partial charge in [0, 0.05) is 31.2 Å². The van der Waals surface area contributed by atoms with Crippen LogP contribution in [0.4, 0.5) is 0 Å². The van der Waals surface area contributed by atoms with Gasteiger partial charge in [-0.15, -0.1) is 0 Å². The molecule has 0 aliphatic carbocycles. The molecule has 0 aliphatic rings. The first-order valence-corrected chi connectivity index (χ1v) is 5.99. The van der Waals surface area contributed by atoms with Crippen LogP contribution >= 0.6 is 46.4 Å². The molecule has 0 fully saturated rings. The van der Waals surface area contributed by atoms with Gasteiger partial charge in [-0.3, -0.25) is 0 Å². The van der Waals surface area contributed by atoms with E-state index < -0.39 is 0 Å². The number of hydrogen-bond acceptors (Lipinski definition) is 0. The van der Waals surface area contributed by atoms with Crippen molar-refractivity contribution in [3.8, 4) is 11.1 Å². The van der Waals surface area contributed by atoms with Crippen LogP contribution in [0.3, 0.4) is 0 Å². The van der Waals surface area contributed by atoms with Gasteiger partial charge in [-0.2, -0.15) is 0 Å². The van der Waals surface area contributed by atoms with Gasteiger partial charge in [0.15, 0.2) is 0 Å². The first-order chi connectivity index (χ1) is 7.58. The molecule has 0 bridgehead atoms. The molecule has 0 aliphatic heterocycles. The number of halogens is 4. The highest BCUT2D eigenvalue weighted by Gasteiger charge is 2.08. The summed E-state index contributed by atoms with van der Waals surface area (Å²) in [6, 6.07) is 10.5. The van der Waals surface area contributed by atoms with Crippen LogP contribution in [0.25, 0.3) is 11.1 Å². The zero-order chi connectivity index (χ0) is 11.7. The van der Waals surface area contributed by atoms with E-state index in [0.717, 1.165) is 11.1 Å². The van der Waals surface area contributed by atoms with Crippen molar-refractivity contribution in [1.82, 2.24) is 0 Å². The second-order valence-electron chi connectivity index (χ2n) is 3.25. The van der Waals surface area contributed by atoms with Crippen molar-refractivity contribution in [3.63, 3.8) is 0 Å². The lowest BCUT2D eigenvalue weighted by Crippen LogP contribution is -1.81. The highest BCUT2D eigenvalue weighted by atomic mass is 35.5. The lowest BCUT2D eigenvalue weighted by molar-refractivity contribution is 1.61. The highest BCUT2D eigenvalue weighted by Crippen LogP contribution is 2.36. The topological polar surface area (TPSA) is 0 Å². The zero-order valence-corrected chi connectivity index (χ0v) is 11.0. The normalized spacial score (nSPS) is 10.5. The van der Waals surface area contributed by atoms with E-state index in [4.69, 9.17) is 46.4 Å². The van der Waals surface area contributed by atoms with Crippen LogP contribution in [0, 0.1) is 0 Å². The average Bonchev–Trinajstić information content (AvgIpc) is 2.22. The Bertz CT molecular complexity index is 535. The summed E-state index contributed by atoms with van der Waals surface area (Å²) in [4.78, 5) is 0. The Morgan fingerprint density at radius 3 is 1.88 bits per heavy atom. The molecule has 0 amide bonds. The molecule has 0 atom stereocenters. The summed E-state index contributed by atoms with van der Waals surface area (Å²) in [7, 11) is 0. The van der Waals surface area contributed by atoms with Crippen LogP contribution in [0.15, 0.2) is 36.4 Å². The fourth-order valence-electron chi connectivity index (χ4n) is 1.41. The first kappa shape index (κ1) is 12.1. The Morgan fingerprint density at radius 1 is 0.562 bits per heavy atom. The van der Waals surface area contributed by atoms with Crippen molar-refractivity contribution in [2.75, 3.05) is 0 Å². The van der Waals surface area contributed by atoms with Crippen LogP contribution in [-0.2, 0) is 0 Å². The Hall–Kier alpha value is -0.400. The SMILES string of the molecule is Clc1ccc(-c2cc(Cl)ccc2Cl)c(Cl)c1. The maximum Gasteiger partial charge on any atom is 0.0499 e. The fraction of sp³-hybridized carbons (Fsp3) is 0. The molecule has 2 aromatic rings. The Morgan fingerprint density at radius 2 is 1.19 bits per heavy atom. The third kappa shape index (κ3) is 2.46. The zero-order valence-electron chi connectivity index (χ0n) is 7.98. The summed E-state index contributed by atoms with van der Waals surface area (Å²) in [6.07, 6.45) is 0. The molecule has 0 aromatic heterocycles. The molecule has 2 rings (SSSR count). The first-order valence-electron chi connectivity index (χ1n) is 4.48. The average molecular weight is 292 g/mol. The Labute approximate surface area is 114 Å². The third-order valence-electron chi connectivity index (χ3n) is 2.15. The minimum Gasteiger partial charge on any atom is -0.0843 e. The number of rotatable bonds is 1. The quantitative estimate of drug-likeness (QED) is 0.607. The molecule has 0 N–H and O–H groups in total.